The normalized spacial score (nSPS) is 12.1. The van der Waals surface area contributed by atoms with Crippen LogP contribution in [-0.2, 0) is 6.54 Å². The summed E-state index contributed by atoms with van der Waals surface area (Å²) in [6, 6.07) is 18.7. The quantitative estimate of drug-likeness (QED) is 0.382. The van der Waals surface area contributed by atoms with Crippen LogP contribution in [0.1, 0.15) is 53.6 Å². The Morgan fingerprint density at radius 3 is 2.44 bits per heavy atom. The number of carbonyl (C=O) groups excluding carboxylic acids is 1. The molecule has 1 amide bonds. The van der Waals surface area contributed by atoms with E-state index in [-0.39, 0.29) is 17.4 Å². The first-order valence-corrected chi connectivity index (χ1v) is 12.4. The predicted octanol–water partition coefficient (Wildman–Crippen LogP) is 4.34. The highest BCUT2D eigenvalue weighted by atomic mass is 16.2. The van der Waals surface area contributed by atoms with Crippen LogP contribution in [0.3, 0.4) is 0 Å². The van der Waals surface area contributed by atoms with E-state index in [2.05, 4.69) is 18.8 Å². The van der Waals surface area contributed by atoms with Crippen molar-refractivity contribution in [3.63, 3.8) is 0 Å². The third-order valence-corrected chi connectivity index (χ3v) is 6.36. The number of aromatic nitrogens is 3. The summed E-state index contributed by atoms with van der Waals surface area (Å²) in [7, 11) is 0. The van der Waals surface area contributed by atoms with Gasteiger partial charge in [-0.25, -0.2) is 4.98 Å². The number of carbonyl (C=O) groups is 1. The van der Waals surface area contributed by atoms with Crippen molar-refractivity contribution in [1.82, 2.24) is 19.4 Å². The SMILES string of the molecule is Cc1ccc(C(=O)N(CCCN)C(c2nc3ccncc3c(=O)n2Cc2ccccc2)C(C)C)cc1. The van der Waals surface area contributed by atoms with Crippen molar-refractivity contribution in [3.05, 3.63) is 106 Å². The van der Waals surface area contributed by atoms with Gasteiger partial charge in [-0.3, -0.25) is 19.1 Å². The van der Waals surface area contributed by atoms with Crippen LogP contribution in [0.25, 0.3) is 10.9 Å². The summed E-state index contributed by atoms with van der Waals surface area (Å²) in [5.74, 6) is 0.456. The van der Waals surface area contributed by atoms with Crippen LogP contribution < -0.4 is 11.3 Å². The van der Waals surface area contributed by atoms with Crippen molar-refractivity contribution in [2.75, 3.05) is 13.1 Å². The molecular weight excluding hydrogens is 450 g/mol. The number of pyridine rings is 1. The standard InChI is InChI=1S/C29H33N5O2/c1-20(2)26(33(17-7-15-30)28(35)23-12-10-21(3)11-13-23)27-32-25-14-16-31-18-24(25)29(36)34(27)19-22-8-5-4-6-9-22/h4-6,8-14,16,18,20,26H,7,15,17,19,30H2,1-3H3. The molecule has 186 valence electrons. The Hall–Kier alpha value is -3.84. The van der Waals surface area contributed by atoms with Gasteiger partial charge in [-0.05, 0) is 49.6 Å². The van der Waals surface area contributed by atoms with Gasteiger partial charge in [-0.2, -0.15) is 0 Å². The summed E-state index contributed by atoms with van der Waals surface area (Å²) in [5.41, 5.74) is 8.93. The van der Waals surface area contributed by atoms with Gasteiger partial charge < -0.3 is 10.6 Å². The zero-order valence-corrected chi connectivity index (χ0v) is 21.1. The monoisotopic (exact) mass is 483 g/mol. The van der Waals surface area contributed by atoms with Gasteiger partial charge in [-0.15, -0.1) is 0 Å². The Balaban J connectivity index is 1.91. The number of fused-ring (bicyclic) bond motifs is 1. The Labute approximate surface area is 211 Å². The number of hydrogen-bond acceptors (Lipinski definition) is 5. The first-order valence-electron chi connectivity index (χ1n) is 12.4. The smallest absolute Gasteiger partial charge is 0.263 e. The molecule has 2 aromatic heterocycles. The second-order valence-electron chi connectivity index (χ2n) is 9.44. The van der Waals surface area contributed by atoms with Gasteiger partial charge in [0, 0.05) is 24.5 Å². The van der Waals surface area contributed by atoms with Crippen molar-refractivity contribution in [3.8, 4) is 0 Å². The van der Waals surface area contributed by atoms with Crippen molar-refractivity contribution >= 4 is 16.8 Å². The maximum atomic E-state index is 13.9. The molecule has 2 N–H and O–H groups in total. The van der Waals surface area contributed by atoms with E-state index in [0.29, 0.717) is 48.3 Å². The fourth-order valence-electron chi connectivity index (χ4n) is 4.52. The predicted molar refractivity (Wildman–Crippen MR) is 143 cm³/mol. The fraction of sp³-hybridized carbons (Fsp3) is 0.310. The Bertz CT molecular complexity index is 1380. The van der Waals surface area contributed by atoms with Crippen LogP contribution in [0.5, 0.6) is 0 Å². The zero-order chi connectivity index (χ0) is 25.7. The number of benzene rings is 2. The maximum absolute atomic E-state index is 13.9. The summed E-state index contributed by atoms with van der Waals surface area (Å²) in [6.07, 6.45) is 3.83. The maximum Gasteiger partial charge on any atom is 0.263 e. The van der Waals surface area contributed by atoms with E-state index < -0.39 is 6.04 Å². The topological polar surface area (TPSA) is 94.1 Å². The van der Waals surface area contributed by atoms with Crippen LogP contribution in [-0.4, -0.2) is 38.4 Å². The van der Waals surface area contributed by atoms with Gasteiger partial charge >= 0.3 is 0 Å². The lowest BCUT2D eigenvalue weighted by Crippen LogP contribution is -2.42. The highest BCUT2D eigenvalue weighted by molar-refractivity contribution is 5.94. The van der Waals surface area contributed by atoms with Gasteiger partial charge in [0.2, 0.25) is 0 Å². The van der Waals surface area contributed by atoms with Crippen LogP contribution in [0, 0.1) is 12.8 Å². The molecule has 7 nitrogen and oxygen atoms in total. The number of rotatable bonds is 9. The summed E-state index contributed by atoms with van der Waals surface area (Å²) >= 11 is 0. The molecule has 2 aromatic carbocycles. The number of amides is 1. The lowest BCUT2D eigenvalue weighted by atomic mass is 9.98. The van der Waals surface area contributed by atoms with E-state index >= 15 is 0 Å². The van der Waals surface area contributed by atoms with Gasteiger partial charge in [0.05, 0.1) is 23.5 Å². The van der Waals surface area contributed by atoms with E-state index in [1.165, 1.54) is 0 Å². The van der Waals surface area contributed by atoms with E-state index in [9.17, 15) is 9.59 Å². The molecule has 0 aliphatic heterocycles. The first kappa shape index (κ1) is 25.3. The van der Waals surface area contributed by atoms with Gasteiger partial charge in [0.25, 0.3) is 11.5 Å². The second kappa shape index (κ2) is 11.3. The van der Waals surface area contributed by atoms with E-state index in [4.69, 9.17) is 10.7 Å². The Morgan fingerprint density at radius 1 is 1.06 bits per heavy atom. The minimum Gasteiger partial charge on any atom is -0.330 e. The van der Waals surface area contributed by atoms with Gasteiger partial charge in [-0.1, -0.05) is 61.9 Å². The molecule has 0 aliphatic carbocycles. The molecule has 0 saturated carbocycles. The molecule has 0 spiro atoms. The van der Waals surface area contributed by atoms with Crippen molar-refractivity contribution < 1.29 is 4.79 Å². The zero-order valence-electron chi connectivity index (χ0n) is 21.1. The van der Waals surface area contributed by atoms with Crippen LogP contribution in [0.15, 0.2) is 77.9 Å². The molecule has 0 fully saturated rings. The van der Waals surface area contributed by atoms with Crippen LogP contribution >= 0.6 is 0 Å². The molecule has 0 bridgehead atoms. The molecule has 0 aliphatic rings. The first-order chi connectivity index (χ1) is 17.4. The van der Waals surface area contributed by atoms with E-state index in [1.54, 1.807) is 23.0 Å². The van der Waals surface area contributed by atoms with E-state index in [1.807, 2.05) is 66.4 Å². The molecule has 4 aromatic rings. The van der Waals surface area contributed by atoms with Gasteiger partial charge in [0.1, 0.15) is 5.82 Å². The van der Waals surface area contributed by atoms with Crippen LogP contribution in [0.2, 0.25) is 0 Å². The molecule has 4 rings (SSSR count). The highest BCUT2D eigenvalue weighted by Gasteiger charge is 2.32. The van der Waals surface area contributed by atoms with Crippen molar-refractivity contribution in [2.24, 2.45) is 11.7 Å². The lowest BCUT2D eigenvalue weighted by molar-refractivity contribution is 0.0602. The third-order valence-electron chi connectivity index (χ3n) is 6.36. The molecule has 36 heavy (non-hydrogen) atoms. The minimum absolute atomic E-state index is 0.00890. The molecule has 0 saturated heterocycles. The number of hydrogen-bond donors (Lipinski definition) is 1. The number of nitrogens with zero attached hydrogens (tertiary/aromatic N) is 4. The summed E-state index contributed by atoms with van der Waals surface area (Å²) in [4.78, 5) is 38.6. The molecule has 1 unspecified atom stereocenters. The Kier molecular flexibility index (Phi) is 7.90. The second-order valence-corrected chi connectivity index (χ2v) is 9.44. The molecular formula is C29H33N5O2. The molecule has 1 atom stereocenters. The number of aryl methyl sites for hydroxylation is 1. The van der Waals surface area contributed by atoms with E-state index in [0.717, 1.165) is 11.1 Å². The molecule has 0 radical (unpaired) electrons. The average Bonchev–Trinajstić information content (AvgIpc) is 2.89. The van der Waals surface area contributed by atoms with Crippen molar-refractivity contribution in [1.29, 1.82) is 0 Å². The minimum atomic E-state index is -0.431. The summed E-state index contributed by atoms with van der Waals surface area (Å²) < 4.78 is 1.70. The largest absolute Gasteiger partial charge is 0.330 e. The summed E-state index contributed by atoms with van der Waals surface area (Å²) in [6.45, 7) is 7.36. The summed E-state index contributed by atoms with van der Waals surface area (Å²) in [5, 5.41) is 0.457. The Morgan fingerprint density at radius 2 is 1.78 bits per heavy atom. The van der Waals surface area contributed by atoms with Crippen LogP contribution in [0.4, 0.5) is 0 Å². The lowest BCUT2D eigenvalue weighted by Gasteiger charge is -2.35. The molecule has 7 heteroatoms. The highest BCUT2D eigenvalue weighted by Crippen LogP contribution is 2.30. The van der Waals surface area contributed by atoms with Gasteiger partial charge in [0.15, 0.2) is 0 Å². The number of nitrogens with two attached hydrogens (primary N) is 1. The molecule has 2 heterocycles. The third kappa shape index (κ3) is 5.36. The van der Waals surface area contributed by atoms with Crippen molar-refractivity contribution in [2.45, 2.75) is 39.8 Å². The fourth-order valence-corrected chi connectivity index (χ4v) is 4.52. The average molecular weight is 484 g/mol.